The zero-order valence-corrected chi connectivity index (χ0v) is 22.6. The molecule has 1 aliphatic heterocycles. The predicted octanol–water partition coefficient (Wildman–Crippen LogP) is 3.78. The monoisotopic (exact) mass is 549 g/mol. The molecule has 0 bridgehead atoms. The first-order valence-electron chi connectivity index (χ1n) is 12.5. The number of fused-ring (bicyclic) bond motifs is 1. The average Bonchev–Trinajstić information content (AvgIpc) is 2.90. The summed E-state index contributed by atoms with van der Waals surface area (Å²) in [6, 6.07) is 14.5. The highest BCUT2D eigenvalue weighted by Crippen LogP contribution is 2.24. The van der Waals surface area contributed by atoms with Crippen molar-refractivity contribution in [3.8, 4) is 11.4 Å². The van der Waals surface area contributed by atoms with Crippen LogP contribution in [0.2, 0.25) is 0 Å². The minimum absolute atomic E-state index is 0.00432. The van der Waals surface area contributed by atoms with Crippen molar-refractivity contribution in [2.45, 2.75) is 37.5 Å². The molecule has 0 radical (unpaired) electrons. The summed E-state index contributed by atoms with van der Waals surface area (Å²) in [5.74, 6) is -0.690. The third kappa shape index (κ3) is 6.04. The van der Waals surface area contributed by atoms with Crippen molar-refractivity contribution in [2.24, 2.45) is 0 Å². The van der Waals surface area contributed by atoms with E-state index in [9.17, 15) is 17.6 Å². The SMILES string of the molecule is C[C@@H]1CN(c2cccc(-c3ccc4cnc(CNC(=O)c5cc(S(C)(=O)=O)ccc5F)cc4n3)n2)C[C@H](C)O1. The number of halogens is 1. The van der Waals surface area contributed by atoms with Crippen molar-refractivity contribution in [1.29, 1.82) is 0 Å². The predicted molar refractivity (Wildman–Crippen MR) is 146 cm³/mol. The van der Waals surface area contributed by atoms with Crippen LogP contribution in [-0.2, 0) is 21.1 Å². The first-order valence-corrected chi connectivity index (χ1v) is 14.4. The Morgan fingerprint density at radius 3 is 2.54 bits per heavy atom. The van der Waals surface area contributed by atoms with Gasteiger partial charge in [-0.15, -0.1) is 0 Å². The molecule has 1 aliphatic rings. The molecule has 0 aliphatic carbocycles. The number of pyridine rings is 3. The highest BCUT2D eigenvalue weighted by molar-refractivity contribution is 7.90. The Morgan fingerprint density at radius 1 is 1.05 bits per heavy atom. The molecule has 9 nitrogen and oxygen atoms in total. The summed E-state index contributed by atoms with van der Waals surface area (Å²) in [5, 5.41) is 3.42. The van der Waals surface area contributed by atoms with E-state index in [2.05, 4.69) is 29.0 Å². The zero-order valence-electron chi connectivity index (χ0n) is 21.8. The summed E-state index contributed by atoms with van der Waals surface area (Å²) in [6.45, 7) is 5.62. The van der Waals surface area contributed by atoms with Crippen LogP contribution in [0.3, 0.4) is 0 Å². The summed E-state index contributed by atoms with van der Waals surface area (Å²) in [4.78, 5) is 28.7. The standard InChI is InChI=1S/C28H28FN5O4S/c1-17-15-34(16-18(2)38-17)27-6-4-5-24(33-27)25-10-7-19-13-30-20(11-26(19)32-25)14-31-28(35)22-12-21(39(3,36)37)8-9-23(22)29/h4-13,17-18H,14-16H2,1-3H3,(H,31,35)/t17-,18+. The molecule has 2 atom stereocenters. The Labute approximate surface area is 226 Å². The summed E-state index contributed by atoms with van der Waals surface area (Å²) in [5.41, 5.74) is 2.25. The highest BCUT2D eigenvalue weighted by Gasteiger charge is 2.23. The van der Waals surface area contributed by atoms with Crippen LogP contribution < -0.4 is 10.2 Å². The highest BCUT2D eigenvalue weighted by atomic mass is 32.2. The van der Waals surface area contributed by atoms with E-state index in [1.165, 1.54) is 0 Å². The molecule has 5 rings (SSSR count). The van der Waals surface area contributed by atoms with E-state index < -0.39 is 21.6 Å². The molecule has 0 spiro atoms. The summed E-state index contributed by atoms with van der Waals surface area (Å²) in [7, 11) is -3.59. The van der Waals surface area contributed by atoms with Crippen molar-refractivity contribution in [3.63, 3.8) is 0 Å². The maximum atomic E-state index is 14.2. The van der Waals surface area contributed by atoms with E-state index in [0.29, 0.717) is 16.9 Å². The Balaban J connectivity index is 1.35. The normalized spacial score (nSPS) is 17.8. The fourth-order valence-electron chi connectivity index (χ4n) is 4.58. The molecule has 1 saturated heterocycles. The van der Waals surface area contributed by atoms with Crippen LogP contribution in [0.4, 0.5) is 10.2 Å². The second-order valence-corrected chi connectivity index (χ2v) is 11.7. The molecule has 4 heterocycles. The van der Waals surface area contributed by atoms with Gasteiger partial charge in [-0.05, 0) is 62.4 Å². The third-order valence-corrected chi connectivity index (χ3v) is 7.52. The van der Waals surface area contributed by atoms with Crippen molar-refractivity contribution in [3.05, 3.63) is 77.9 Å². The number of rotatable bonds is 6. The fraction of sp³-hybridized carbons (Fsp3) is 0.286. The van der Waals surface area contributed by atoms with Crippen LogP contribution in [-0.4, -0.2) is 60.8 Å². The van der Waals surface area contributed by atoms with E-state index in [1.807, 2.05) is 30.3 Å². The fourth-order valence-corrected chi connectivity index (χ4v) is 5.23. The molecule has 1 amide bonds. The molecule has 39 heavy (non-hydrogen) atoms. The first kappa shape index (κ1) is 26.6. The Kier molecular flexibility index (Phi) is 7.28. The number of nitrogens with one attached hydrogen (secondary N) is 1. The number of morpholine rings is 1. The average molecular weight is 550 g/mol. The molecule has 0 saturated carbocycles. The lowest BCUT2D eigenvalue weighted by molar-refractivity contribution is -0.00545. The second-order valence-electron chi connectivity index (χ2n) is 9.70. The smallest absolute Gasteiger partial charge is 0.254 e. The number of sulfone groups is 1. The Morgan fingerprint density at radius 2 is 1.79 bits per heavy atom. The van der Waals surface area contributed by atoms with Gasteiger partial charge in [0.25, 0.3) is 5.91 Å². The largest absolute Gasteiger partial charge is 0.372 e. The number of aromatic nitrogens is 3. The lowest BCUT2D eigenvalue weighted by Gasteiger charge is -2.36. The molecule has 3 aromatic heterocycles. The number of hydrogen-bond donors (Lipinski definition) is 1. The van der Waals surface area contributed by atoms with Crippen LogP contribution in [0.1, 0.15) is 29.9 Å². The Hall–Kier alpha value is -3.96. The minimum Gasteiger partial charge on any atom is -0.372 e. The molecular weight excluding hydrogens is 521 g/mol. The van der Waals surface area contributed by atoms with E-state index >= 15 is 0 Å². The van der Waals surface area contributed by atoms with Crippen LogP contribution in [0, 0.1) is 5.82 Å². The number of ether oxygens (including phenoxy) is 1. The molecule has 1 aromatic carbocycles. The van der Waals surface area contributed by atoms with Gasteiger partial charge >= 0.3 is 0 Å². The lowest BCUT2D eigenvalue weighted by Crippen LogP contribution is -2.45. The number of anilines is 1. The van der Waals surface area contributed by atoms with Crippen LogP contribution >= 0.6 is 0 Å². The number of carbonyl (C=O) groups is 1. The number of benzene rings is 1. The Bertz CT molecular complexity index is 1650. The van der Waals surface area contributed by atoms with Gasteiger partial charge in [-0.3, -0.25) is 9.78 Å². The van der Waals surface area contributed by atoms with E-state index in [4.69, 9.17) is 14.7 Å². The minimum atomic E-state index is -3.59. The molecular formula is C28H28FN5O4S. The van der Waals surface area contributed by atoms with Crippen molar-refractivity contribution < 1.29 is 22.3 Å². The van der Waals surface area contributed by atoms with E-state index in [-0.39, 0.29) is 29.2 Å². The topological polar surface area (TPSA) is 114 Å². The van der Waals surface area contributed by atoms with Gasteiger partial charge in [-0.1, -0.05) is 6.07 Å². The van der Waals surface area contributed by atoms with Gasteiger partial charge < -0.3 is 15.0 Å². The summed E-state index contributed by atoms with van der Waals surface area (Å²) >= 11 is 0. The van der Waals surface area contributed by atoms with Crippen LogP contribution in [0.25, 0.3) is 22.3 Å². The maximum Gasteiger partial charge on any atom is 0.254 e. The molecule has 1 N–H and O–H groups in total. The van der Waals surface area contributed by atoms with Gasteiger partial charge in [0.05, 0.1) is 51.8 Å². The molecule has 0 unspecified atom stereocenters. The molecule has 11 heteroatoms. The van der Waals surface area contributed by atoms with Gasteiger partial charge in [0.1, 0.15) is 11.6 Å². The number of carbonyl (C=O) groups excluding carboxylic acids is 1. The second kappa shape index (κ2) is 10.7. The number of nitrogens with zero attached hydrogens (tertiary/aromatic N) is 4. The summed E-state index contributed by atoms with van der Waals surface area (Å²) in [6.07, 6.45) is 2.88. The number of amides is 1. The van der Waals surface area contributed by atoms with Gasteiger partial charge in [0.15, 0.2) is 9.84 Å². The quantitative estimate of drug-likeness (QED) is 0.362. The maximum absolute atomic E-state index is 14.2. The van der Waals surface area contributed by atoms with E-state index in [0.717, 1.165) is 54.4 Å². The van der Waals surface area contributed by atoms with E-state index in [1.54, 1.807) is 12.3 Å². The summed E-state index contributed by atoms with van der Waals surface area (Å²) < 4.78 is 43.7. The van der Waals surface area contributed by atoms with Gasteiger partial charge in [-0.2, -0.15) is 0 Å². The van der Waals surface area contributed by atoms with Gasteiger partial charge in [0.2, 0.25) is 0 Å². The molecule has 202 valence electrons. The number of hydrogen-bond acceptors (Lipinski definition) is 8. The van der Waals surface area contributed by atoms with Gasteiger partial charge in [-0.25, -0.2) is 22.8 Å². The lowest BCUT2D eigenvalue weighted by atomic mass is 10.1. The third-order valence-electron chi connectivity index (χ3n) is 6.41. The van der Waals surface area contributed by atoms with Crippen molar-refractivity contribution in [2.75, 3.05) is 24.2 Å². The first-order chi connectivity index (χ1) is 18.6. The zero-order chi connectivity index (χ0) is 27.7. The van der Waals surface area contributed by atoms with Crippen LogP contribution in [0.15, 0.2) is 65.7 Å². The van der Waals surface area contributed by atoms with Crippen molar-refractivity contribution >= 4 is 32.5 Å². The molecule has 4 aromatic rings. The van der Waals surface area contributed by atoms with Crippen molar-refractivity contribution in [1.82, 2.24) is 20.3 Å². The van der Waals surface area contributed by atoms with Gasteiger partial charge in [0, 0.05) is 30.9 Å². The molecule has 1 fully saturated rings. The van der Waals surface area contributed by atoms with Crippen LogP contribution in [0.5, 0.6) is 0 Å².